The zero-order valence-corrected chi connectivity index (χ0v) is 26.4. The quantitative estimate of drug-likeness (QED) is 0.283. The Balaban J connectivity index is 0.000000274. The van der Waals surface area contributed by atoms with Crippen molar-refractivity contribution in [2.45, 2.75) is 119 Å². The number of nitrogens with zero attached hydrogens (tertiary/aromatic N) is 3. The van der Waals surface area contributed by atoms with Crippen LogP contribution in [-0.4, -0.2) is 82.0 Å². The molecule has 0 aliphatic carbocycles. The second-order valence-electron chi connectivity index (χ2n) is 14.2. The Hall–Kier alpha value is -0.315. The lowest BCUT2D eigenvalue weighted by atomic mass is 9.52. The topological polar surface area (TPSA) is 9.72 Å². The van der Waals surface area contributed by atoms with Gasteiger partial charge in [0.2, 0.25) is 0 Å². The van der Waals surface area contributed by atoms with Gasteiger partial charge in [-0.15, -0.1) is 0 Å². The molecular weight excluding hydrogens is 449 g/mol. The molecule has 37 heavy (non-hydrogen) atoms. The number of fused-ring (bicyclic) bond motifs is 2. The minimum atomic E-state index is 0. The summed E-state index contributed by atoms with van der Waals surface area (Å²) in [4.78, 5) is 7.41. The molecule has 5 atom stereocenters. The highest BCUT2D eigenvalue weighted by Gasteiger charge is 2.39. The van der Waals surface area contributed by atoms with Crippen molar-refractivity contribution in [2.24, 2.45) is 35.5 Å². The Morgan fingerprint density at radius 3 is 1.81 bits per heavy atom. The molecule has 0 aromatic rings. The van der Waals surface area contributed by atoms with Gasteiger partial charge in [-0.1, -0.05) is 79.3 Å². The molecule has 3 fully saturated rings. The molecule has 3 saturated heterocycles. The number of hydrogen-bond donors (Lipinski definition) is 0. The Bertz CT molecular complexity index is 688. The average molecular weight is 516 g/mol. The highest BCUT2D eigenvalue weighted by molar-refractivity contribution is 6.15. The fraction of sp³-hybridized carbons (Fsp3) is 0.939. The molecule has 216 valence electrons. The van der Waals surface area contributed by atoms with Crippen LogP contribution in [0.5, 0.6) is 0 Å². The van der Waals surface area contributed by atoms with Crippen LogP contribution < -0.4 is 0 Å². The molecule has 0 aromatic heterocycles. The van der Waals surface area contributed by atoms with Crippen LogP contribution in [0, 0.1) is 35.5 Å². The van der Waals surface area contributed by atoms with E-state index in [0.717, 1.165) is 61.8 Å². The summed E-state index contributed by atoms with van der Waals surface area (Å²) in [5.41, 5.74) is 3.28. The second kappa shape index (κ2) is 14.9. The van der Waals surface area contributed by atoms with Gasteiger partial charge in [-0.05, 0) is 102 Å². The summed E-state index contributed by atoms with van der Waals surface area (Å²) in [5.74, 6) is 4.62. The van der Waals surface area contributed by atoms with E-state index in [0.29, 0.717) is 11.8 Å². The minimum Gasteiger partial charge on any atom is -0.306 e. The van der Waals surface area contributed by atoms with E-state index in [1.54, 1.807) is 11.1 Å². The molecule has 4 heterocycles. The number of likely N-dealkylation sites (N-methyl/N-ethyl adjacent to an activating group) is 1. The summed E-state index contributed by atoms with van der Waals surface area (Å²) in [6.45, 7) is 25.4. The normalized spacial score (nSPS) is 35.2. The van der Waals surface area contributed by atoms with Crippen molar-refractivity contribution in [1.29, 1.82) is 0 Å². The predicted molar refractivity (Wildman–Crippen MR) is 168 cm³/mol. The predicted octanol–water partition coefficient (Wildman–Crippen LogP) is 7.63. The molecule has 5 unspecified atom stereocenters. The van der Waals surface area contributed by atoms with E-state index in [1.165, 1.54) is 32.2 Å². The Morgan fingerprint density at radius 1 is 0.865 bits per heavy atom. The van der Waals surface area contributed by atoms with Crippen molar-refractivity contribution in [3.8, 4) is 0 Å². The van der Waals surface area contributed by atoms with Crippen LogP contribution in [0.4, 0.5) is 0 Å². The molecule has 4 rings (SSSR count). The molecule has 4 aliphatic heterocycles. The number of hydrogen-bond acceptors (Lipinski definition) is 3. The smallest absolute Gasteiger partial charge is 0.0754 e. The van der Waals surface area contributed by atoms with Crippen molar-refractivity contribution in [3.63, 3.8) is 0 Å². The van der Waals surface area contributed by atoms with Gasteiger partial charge < -0.3 is 14.7 Å². The average Bonchev–Trinajstić information content (AvgIpc) is 2.96. The van der Waals surface area contributed by atoms with Crippen molar-refractivity contribution < 1.29 is 0 Å². The van der Waals surface area contributed by atoms with Gasteiger partial charge in [0, 0.05) is 31.7 Å². The van der Waals surface area contributed by atoms with Crippen LogP contribution in [0.3, 0.4) is 0 Å². The maximum Gasteiger partial charge on any atom is 0.0754 e. The Kier molecular flexibility index (Phi) is 14.0. The molecular formula is C33H66BN3. The summed E-state index contributed by atoms with van der Waals surface area (Å²) < 4.78 is 0. The fourth-order valence-corrected chi connectivity index (χ4v) is 7.82. The van der Waals surface area contributed by atoms with Gasteiger partial charge in [-0.2, -0.15) is 0 Å². The summed E-state index contributed by atoms with van der Waals surface area (Å²) in [6, 6.07) is 1.85. The lowest BCUT2D eigenvalue weighted by molar-refractivity contribution is 0.111. The number of likely N-dealkylation sites (tertiary alicyclic amines) is 1. The molecule has 0 aromatic carbocycles. The van der Waals surface area contributed by atoms with Crippen molar-refractivity contribution in [3.05, 3.63) is 11.1 Å². The van der Waals surface area contributed by atoms with E-state index < -0.39 is 0 Å². The van der Waals surface area contributed by atoms with Crippen LogP contribution >= 0.6 is 0 Å². The van der Waals surface area contributed by atoms with Crippen LogP contribution in [0.1, 0.15) is 102 Å². The fourth-order valence-electron chi connectivity index (χ4n) is 7.82. The van der Waals surface area contributed by atoms with Crippen molar-refractivity contribution in [2.75, 3.05) is 47.3 Å². The number of piperidine rings is 2. The third-order valence-electron chi connectivity index (χ3n) is 10.3. The van der Waals surface area contributed by atoms with Crippen LogP contribution in [-0.2, 0) is 0 Å². The number of rotatable bonds is 3. The summed E-state index contributed by atoms with van der Waals surface area (Å²) >= 11 is 0. The van der Waals surface area contributed by atoms with Crippen LogP contribution in [0.2, 0.25) is 5.31 Å². The molecule has 0 N–H and O–H groups in total. The minimum absolute atomic E-state index is 0. The largest absolute Gasteiger partial charge is 0.306 e. The summed E-state index contributed by atoms with van der Waals surface area (Å²) in [7, 11) is 13.1. The van der Waals surface area contributed by atoms with Gasteiger partial charge in [0.05, 0.1) is 7.85 Å². The second-order valence-corrected chi connectivity index (χ2v) is 14.2. The first-order valence-electron chi connectivity index (χ1n) is 15.2. The summed E-state index contributed by atoms with van der Waals surface area (Å²) in [6.07, 6.45) is 6.99. The van der Waals surface area contributed by atoms with Gasteiger partial charge in [-0.3, -0.25) is 0 Å². The van der Waals surface area contributed by atoms with Crippen molar-refractivity contribution in [1.82, 2.24) is 14.7 Å². The standard InChI is InChI=1S/2C11H21N.C10H20BN.CH4/c1-8(2)9-6-10-4-5-11(7-9)12(10)3;1-8(2)11-9(3)6-12(5)7-10(11)4;1-8(2)10(11)5-6-12(4)7-9(10)3;/h8-11H,4-7H2,1-3H3;8-9H,6-7H2,1-5H3;8-9H,5-7H2,1-4H3;1H4. The lowest BCUT2D eigenvalue weighted by Gasteiger charge is -2.47. The van der Waals surface area contributed by atoms with Crippen molar-refractivity contribution >= 4 is 7.85 Å². The van der Waals surface area contributed by atoms with E-state index in [2.05, 4.69) is 98.2 Å². The molecule has 0 amide bonds. The highest BCUT2D eigenvalue weighted by atomic mass is 15.2. The molecule has 0 spiro atoms. The maximum absolute atomic E-state index is 6.38. The molecule has 4 heteroatoms. The first-order chi connectivity index (χ1) is 16.7. The van der Waals surface area contributed by atoms with E-state index in [9.17, 15) is 0 Å². The Morgan fingerprint density at radius 2 is 1.41 bits per heavy atom. The zero-order chi connectivity index (χ0) is 27.4. The third-order valence-corrected chi connectivity index (χ3v) is 10.3. The first-order valence-corrected chi connectivity index (χ1v) is 15.2. The molecule has 4 aliphatic rings. The van der Waals surface area contributed by atoms with E-state index >= 15 is 0 Å². The van der Waals surface area contributed by atoms with Gasteiger partial charge in [-0.25, -0.2) is 0 Å². The first kappa shape index (κ1) is 34.7. The van der Waals surface area contributed by atoms with E-state index in [-0.39, 0.29) is 12.7 Å². The van der Waals surface area contributed by atoms with Crippen LogP contribution in [0.25, 0.3) is 0 Å². The highest BCUT2D eigenvalue weighted by Crippen LogP contribution is 2.46. The monoisotopic (exact) mass is 516 g/mol. The van der Waals surface area contributed by atoms with E-state index in [1.807, 2.05) is 0 Å². The molecule has 0 saturated carbocycles. The van der Waals surface area contributed by atoms with Gasteiger partial charge in [0.15, 0.2) is 0 Å². The molecule has 3 nitrogen and oxygen atoms in total. The van der Waals surface area contributed by atoms with Crippen LogP contribution in [0.15, 0.2) is 11.1 Å². The van der Waals surface area contributed by atoms with Gasteiger partial charge >= 0.3 is 0 Å². The molecule has 2 bridgehead atoms. The van der Waals surface area contributed by atoms with Gasteiger partial charge in [0.1, 0.15) is 0 Å². The van der Waals surface area contributed by atoms with E-state index in [4.69, 9.17) is 7.85 Å². The SMILES string of the molecule is C.CC(C)C1CC2CCC(C1)N2C.CC1=C(C(C)C)C(C)CN(C)C1.[B]C1(C(C)C)CCN(C)CC1C. The zero-order valence-electron chi connectivity index (χ0n) is 26.4. The van der Waals surface area contributed by atoms with Gasteiger partial charge in [0.25, 0.3) is 0 Å². The summed E-state index contributed by atoms with van der Waals surface area (Å²) in [5, 5.41) is 0.0759. The Labute approximate surface area is 235 Å². The maximum atomic E-state index is 6.38. The third kappa shape index (κ3) is 9.11. The lowest BCUT2D eigenvalue weighted by Crippen LogP contribution is -2.43. The molecule has 2 radical (unpaired) electrons.